The van der Waals surface area contributed by atoms with E-state index in [1.165, 1.54) is 0 Å². The van der Waals surface area contributed by atoms with Crippen LogP contribution in [0, 0.1) is 3.70 Å². The lowest BCUT2D eigenvalue weighted by molar-refractivity contribution is -0.138. The van der Waals surface area contributed by atoms with E-state index in [1.807, 2.05) is 0 Å². The first-order valence-corrected chi connectivity index (χ1v) is 4.30. The molecular weight excluding hydrogens is 301 g/mol. The highest BCUT2D eigenvalue weighted by Gasteiger charge is 2.33. The number of alkyl halides is 4. The Morgan fingerprint density at radius 3 is 2.46 bits per heavy atom. The molecule has 0 spiro atoms. The molecular formula is C7H4F4IN. The van der Waals surface area contributed by atoms with Crippen LogP contribution < -0.4 is 0 Å². The molecule has 0 saturated carbocycles. The molecule has 0 aliphatic carbocycles. The average Bonchev–Trinajstić information content (AvgIpc) is 2.03. The second-order valence-corrected chi connectivity index (χ2v) is 3.40. The van der Waals surface area contributed by atoms with Crippen LogP contribution in [-0.4, -0.2) is 4.98 Å². The average molecular weight is 305 g/mol. The first kappa shape index (κ1) is 10.7. The van der Waals surface area contributed by atoms with Gasteiger partial charge in [-0.3, -0.25) is 0 Å². The number of halogens is 5. The van der Waals surface area contributed by atoms with E-state index in [9.17, 15) is 17.6 Å². The molecule has 1 aromatic rings. The maximum atomic E-state index is 12.2. The van der Waals surface area contributed by atoms with Crippen LogP contribution in [0.25, 0.3) is 0 Å². The lowest BCUT2D eigenvalue weighted by Crippen LogP contribution is -2.09. The molecule has 1 nitrogen and oxygen atoms in total. The molecule has 0 aliphatic rings. The molecule has 0 amide bonds. The van der Waals surface area contributed by atoms with E-state index in [1.54, 1.807) is 22.6 Å². The summed E-state index contributed by atoms with van der Waals surface area (Å²) in [5, 5.41) is 0. The SMILES string of the molecule is FCc1cnc(I)cc1C(F)(F)F. The van der Waals surface area contributed by atoms with Gasteiger partial charge in [-0.2, -0.15) is 13.2 Å². The van der Waals surface area contributed by atoms with Crippen molar-refractivity contribution >= 4 is 22.6 Å². The molecule has 0 aromatic carbocycles. The van der Waals surface area contributed by atoms with Gasteiger partial charge in [-0.25, -0.2) is 9.37 Å². The van der Waals surface area contributed by atoms with Crippen LogP contribution in [0.3, 0.4) is 0 Å². The zero-order valence-corrected chi connectivity index (χ0v) is 8.36. The topological polar surface area (TPSA) is 12.9 Å². The van der Waals surface area contributed by atoms with Crippen LogP contribution in [0.5, 0.6) is 0 Å². The molecule has 0 bridgehead atoms. The third-order valence-electron chi connectivity index (χ3n) is 1.40. The molecule has 0 saturated heterocycles. The third-order valence-corrected chi connectivity index (χ3v) is 1.99. The van der Waals surface area contributed by atoms with Crippen molar-refractivity contribution in [2.24, 2.45) is 0 Å². The zero-order chi connectivity index (χ0) is 10.1. The van der Waals surface area contributed by atoms with Crippen molar-refractivity contribution in [2.45, 2.75) is 12.9 Å². The molecule has 0 aliphatic heterocycles. The minimum absolute atomic E-state index is 0.196. The number of pyridine rings is 1. The smallest absolute Gasteiger partial charge is 0.250 e. The fourth-order valence-electron chi connectivity index (χ4n) is 0.829. The molecule has 0 fully saturated rings. The van der Waals surface area contributed by atoms with Crippen molar-refractivity contribution in [2.75, 3.05) is 0 Å². The van der Waals surface area contributed by atoms with E-state index in [4.69, 9.17) is 0 Å². The Morgan fingerprint density at radius 1 is 1.38 bits per heavy atom. The Morgan fingerprint density at radius 2 is 2.00 bits per heavy atom. The van der Waals surface area contributed by atoms with Crippen LogP contribution in [0.2, 0.25) is 0 Å². The van der Waals surface area contributed by atoms with Gasteiger partial charge in [0.1, 0.15) is 10.4 Å². The van der Waals surface area contributed by atoms with Crippen LogP contribution in [0.4, 0.5) is 17.6 Å². The summed E-state index contributed by atoms with van der Waals surface area (Å²) in [6, 6.07) is 0.829. The number of hydrogen-bond acceptors (Lipinski definition) is 1. The predicted octanol–water partition coefficient (Wildman–Crippen LogP) is 3.17. The van der Waals surface area contributed by atoms with Crippen molar-refractivity contribution in [3.63, 3.8) is 0 Å². The lowest BCUT2D eigenvalue weighted by atomic mass is 10.1. The summed E-state index contributed by atoms with van der Waals surface area (Å²) < 4.78 is 49.0. The molecule has 0 unspecified atom stereocenters. The highest BCUT2D eigenvalue weighted by atomic mass is 127. The highest BCUT2D eigenvalue weighted by Crippen LogP contribution is 2.32. The maximum absolute atomic E-state index is 12.2. The van der Waals surface area contributed by atoms with Gasteiger partial charge in [-0.15, -0.1) is 0 Å². The Labute approximate surface area is 85.3 Å². The molecule has 1 rings (SSSR count). The first-order valence-electron chi connectivity index (χ1n) is 3.22. The van der Waals surface area contributed by atoms with Crippen LogP contribution in [-0.2, 0) is 12.9 Å². The quantitative estimate of drug-likeness (QED) is 0.441. The fraction of sp³-hybridized carbons (Fsp3) is 0.286. The number of hydrogen-bond donors (Lipinski definition) is 0. The Bertz CT molecular complexity index is 310. The summed E-state index contributed by atoms with van der Waals surface area (Å²) in [5.74, 6) is 0. The summed E-state index contributed by atoms with van der Waals surface area (Å²) in [5.41, 5.74) is -1.37. The number of nitrogens with zero attached hydrogens (tertiary/aromatic N) is 1. The maximum Gasteiger partial charge on any atom is 0.416 e. The van der Waals surface area contributed by atoms with Gasteiger partial charge < -0.3 is 0 Å². The van der Waals surface area contributed by atoms with E-state index in [-0.39, 0.29) is 3.70 Å². The van der Waals surface area contributed by atoms with Crippen LogP contribution in [0.1, 0.15) is 11.1 Å². The minimum Gasteiger partial charge on any atom is -0.250 e. The van der Waals surface area contributed by atoms with Crippen LogP contribution >= 0.6 is 22.6 Å². The molecule has 0 radical (unpaired) electrons. The number of aromatic nitrogens is 1. The Balaban J connectivity index is 3.24. The van der Waals surface area contributed by atoms with Gasteiger partial charge in [0.05, 0.1) is 5.56 Å². The standard InChI is InChI=1S/C7H4F4IN/c8-2-4-3-13-6(12)1-5(4)7(9,10)11/h1,3H,2H2. The Hall–Kier alpha value is -0.400. The van der Waals surface area contributed by atoms with E-state index >= 15 is 0 Å². The molecule has 72 valence electrons. The second kappa shape index (κ2) is 3.77. The van der Waals surface area contributed by atoms with Gasteiger partial charge in [0.2, 0.25) is 0 Å². The van der Waals surface area contributed by atoms with Crippen molar-refractivity contribution in [3.05, 3.63) is 27.1 Å². The van der Waals surface area contributed by atoms with Gasteiger partial charge in [0, 0.05) is 11.8 Å². The molecule has 0 N–H and O–H groups in total. The van der Waals surface area contributed by atoms with E-state index in [0.717, 1.165) is 12.3 Å². The minimum atomic E-state index is -4.51. The van der Waals surface area contributed by atoms with Crippen LogP contribution in [0.15, 0.2) is 12.3 Å². The van der Waals surface area contributed by atoms with Crippen molar-refractivity contribution in [1.82, 2.24) is 4.98 Å². The summed E-state index contributed by atoms with van der Waals surface area (Å²) in [7, 11) is 0. The molecule has 1 heterocycles. The molecule has 6 heteroatoms. The van der Waals surface area contributed by atoms with Gasteiger partial charge in [-0.05, 0) is 28.7 Å². The highest BCUT2D eigenvalue weighted by molar-refractivity contribution is 14.1. The predicted molar refractivity (Wildman–Crippen MR) is 46.8 cm³/mol. The van der Waals surface area contributed by atoms with E-state index in [0.29, 0.717) is 0 Å². The third kappa shape index (κ3) is 2.52. The van der Waals surface area contributed by atoms with E-state index in [2.05, 4.69) is 4.98 Å². The second-order valence-electron chi connectivity index (χ2n) is 2.30. The normalized spacial score (nSPS) is 11.8. The fourth-order valence-corrected chi connectivity index (χ4v) is 1.28. The summed E-state index contributed by atoms with van der Waals surface area (Å²) >= 11 is 1.64. The summed E-state index contributed by atoms with van der Waals surface area (Å²) in [6.45, 7) is -1.15. The van der Waals surface area contributed by atoms with E-state index < -0.39 is 24.0 Å². The lowest BCUT2D eigenvalue weighted by Gasteiger charge is -2.09. The van der Waals surface area contributed by atoms with Crippen molar-refractivity contribution < 1.29 is 17.6 Å². The van der Waals surface area contributed by atoms with Gasteiger partial charge in [0.15, 0.2) is 0 Å². The summed E-state index contributed by atoms with van der Waals surface area (Å²) in [6.07, 6.45) is -3.60. The van der Waals surface area contributed by atoms with Crippen molar-refractivity contribution in [1.29, 1.82) is 0 Å². The zero-order valence-electron chi connectivity index (χ0n) is 6.20. The largest absolute Gasteiger partial charge is 0.416 e. The number of rotatable bonds is 1. The summed E-state index contributed by atoms with van der Waals surface area (Å²) in [4.78, 5) is 3.57. The molecule has 13 heavy (non-hydrogen) atoms. The van der Waals surface area contributed by atoms with Crippen molar-refractivity contribution in [3.8, 4) is 0 Å². The monoisotopic (exact) mass is 305 g/mol. The van der Waals surface area contributed by atoms with Gasteiger partial charge in [-0.1, -0.05) is 0 Å². The first-order chi connectivity index (χ1) is 5.95. The van der Waals surface area contributed by atoms with Gasteiger partial charge >= 0.3 is 6.18 Å². The Kier molecular flexibility index (Phi) is 3.09. The van der Waals surface area contributed by atoms with Gasteiger partial charge in [0.25, 0.3) is 0 Å². The molecule has 1 aromatic heterocycles. The molecule has 0 atom stereocenters.